The highest BCUT2D eigenvalue weighted by Crippen LogP contribution is 2.22. The molecule has 0 radical (unpaired) electrons. The van der Waals surface area contributed by atoms with Gasteiger partial charge in [-0.15, -0.1) is 0 Å². The summed E-state index contributed by atoms with van der Waals surface area (Å²) in [5, 5.41) is 10.1. The number of amides is 2. The van der Waals surface area contributed by atoms with Gasteiger partial charge < -0.3 is 15.5 Å². The van der Waals surface area contributed by atoms with Gasteiger partial charge in [0, 0.05) is 29.7 Å². The molecule has 2 amide bonds. The summed E-state index contributed by atoms with van der Waals surface area (Å²) in [5.74, 6) is -1.25. The number of hydrogen-bond acceptors (Lipinski definition) is 5. The molecule has 0 saturated carbocycles. The molecule has 0 heterocycles. The molecule has 9 heteroatoms. The molecule has 0 saturated heterocycles. The summed E-state index contributed by atoms with van der Waals surface area (Å²) < 4.78 is 14.0. The molecule has 0 aliphatic heterocycles. The van der Waals surface area contributed by atoms with Gasteiger partial charge in [-0.2, -0.15) is 5.10 Å². The Hall–Kier alpha value is -3.40. The Morgan fingerprint density at radius 1 is 1.00 bits per heavy atom. The minimum absolute atomic E-state index is 0.230. The van der Waals surface area contributed by atoms with E-state index in [1.54, 1.807) is 42.5 Å². The van der Waals surface area contributed by atoms with Crippen LogP contribution >= 0.6 is 15.9 Å². The molecular weight excluding hydrogens is 537 g/mol. The number of nitrogens with zero attached hydrogens (tertiary/aromatic N) is 2. The van der Waals surface area contributed by atoms with E-state index in [2.05, 4.69) is 55.8 Å². The molecule has 3 aromatic carbocycles. The molecule has 37 heavy (non-hydrogen) atoms. The highest BCUT2D eigenvalue weighted by molar-refractivity contribution is 9.10. The van der Waals surface area contributed by atoms with E-state index in [0.717, 1.165) is 38.3 Å². The lowest BCUT2D eigenvalue weighted by atomic mass is 10.1. The molecule has 0 atom stereocenters. The standard InChI is InChI=1S/C28H31BrFN5O2/c1-3-35(4-2)15-14-31-18-20-8-10-22(11-9-20)27(36)33-26-13-12-23(29)17-25(26)28(37)34-32-19-21-6-5-7-24(30)16-21/h5-13,16-17,19,31H,3-4,14-15,18H2,1-2H3,(H,33,36)(H,34,37)/b32-19+. The largest absolute Gasteiger partial charge is 0.321 e. The molecule has 3 aromatic rings. The van der Waals surface area contributed by atoms with Crippen molar-refractivity contribution in [2.75, 3.05) is 31.5 Å². The first-order chi connectivity index (χ1) is 17.9. The van der Waals surface area contributed by atoms with Crippen molar-refractivity contribution >= 4 is 39.6 Å². The molecule has 0 aromatic heterocycles. The molecule has 194 valence electrons. The van der Waals surface area contributed by atoms with Gasteiger partial charge in [0.05, 0.1) is 17.5 Å². The van der Waals surface area contributed by atoms with Gasteiger partial charge in [-0.1, -0.05) is 54.0 Å². The lowest BCUT2D eigenvalue weighted by Gasteiger charge is -2.18. The third-order valence-electron chi connectivity index (χ3n) is 5.75. The second-order valence-electron chi connectivity index (χ2n) is 8.30. The normalized spacial score (nSPS) is 11.2. The first kappa shape index (κ1) is 28.2. The Kier molecular flexibility index (Phi) is 10.9. The molecule has 3 N–H and O–H groups in total. The third kappa shape index (κ3) is 8.89. The lowest BCUT2D eigenvalue weighted by molar-refractivity contribution is 0.0956. The van der Waals surface area contributed by atoms with Gasteiger partial charge >= 0.3 is 0 Å². The zero-order valence-corrected chi connectivity index (χ0v) is 22.5. The molecule has 7 nitrogen and oxygen atoms in total. The average Bonchev–Trinajstić information content (AvgIpc) is 2.90. The summed E-state index contributed by atoms with van der Waals surface area (Å²) in [6.07, 6.45) is 1.34. The van der Waals surface area contributed by atoms with Crippen LogP contribution in [0.25, 0.3) is 0 Å². The molecule has 0 fully saturated rings. The van der Waals surface area contributed by atoms with Crippen LogP contribution in [0.3, 0.4) is 0 Å². The van der Waals surface area contributed by atoms with Crippen LogP contribution in [0.4, 0.5) is 10.1 Å². The van der Waals surface area contributed by atoms with Crippen LogP contribution in [0.15, 0.2) is 76.3 Å². The second-order valence-corrected chi connectivity index (χ2v) is 9.21. The Morgan fingerprint density at radius 3 is 2.46 bits per heavy atom. The van der Waals surface area contributed by atoms with Gasteiger partial charge in [0.15, 0.2) is 0 Å². The fraction of sp³-hybridized carbons (Fsp3) is 0.250. The minimum Gasteiger partial charge on any atom is -0.321 e. The van der Waals surface area contributed by atoms with E-state index in [-0.39, 0.29) is 11.5 Å². The van der Waals surface area contributed by atoms with E-state index in [1.807, 2.05) is 12.1 Å². The van der Waals surface area contributed by atoms with Crippen LogP contribution in [0.2, 0.25) is 0 Å². The van der Waals surface area contributed by atoms with Crippen molar-refractivity contribution in [2.45, 2.75) is 20.4 Å². The quantitative estimate of drug-likeness (QED) is 0.163. The average molecular weight is 568 g/mol. The Morgan fingerprint density at radius 2 is 1.76 bits per heavy atom. The van der Waals surface area contributed by atoms with Crippen LogP contribution in [-0.2, 0) is 6.54 Å². The molecule has 0 spiro atoms. The number of anilines is 1. The fourth-order valence-electron chi connectivity index (χ4n) is 3.60. The molecule has 0 aliphatic carbocycles. The highest BCUT2D eigenvalue weighted by atomic mass is 79.9. The fourth-order valence-corrected chi connectivity index (χ4v) is 3.97. The van der Waals surface area contributed by atoms with E-state index in [0.29, 0.717) is 21.3 Å². The van der Waals surface area contributed by atoms with E-state index < -0.39 is 11.7 Å². The molecular formula is C28H31BrFN5O2. The predicted octanol–water partition coefficient (Wildman–Crippen LogP) is 5.04. The smallest absolute Gasteiger partial charge is 0.273 e. The van der Waals surface area contributed by atoms with Gasteiger partial charge in [0.25, 0.3) is 11.8 Å². The minimum atomic E-state index is -0.518. The Labute approximate surface area is 225 Å². The SMILES string of the molecule is CCN(CC)CCNCc1ccc(C(=O)Nc2ccc(Br)cc2C(=O)N/N=C/c2cccc(F)c2)cc1. The molecule has 0 aliphatic rings. The highest BCUT2D eigenvalue weighted by Gasteiger charge is 2.15. The monoisotopic (exact) mass is 567 g/mol. The number of hydrogen-bond donors (Lipinski definition) is 3. The van der Waals surface area contributed by atoms with Crippen LogP contribution in [-0.4, -0.2) is 49.1 Å². The molecule has 0 bridgehead atoms. The van der Waals surface area contributed by atoms with Gasteiger partial charge in [-0.3, -0.25) is 9.59 Å². The number of halogens is 2. The number of carbonyl (C=O) groups excluding carboxylic acids is 2. The number of likely N-dealkylation sites (N-methyl/N-ethyl adjacent to an activating group) is 1. The maximum atomic E-state index is 13.3. The van der Waals surface area contributed by atoms with Crippen LogP contribution in [0, 0.1) is 5.82 Å². The van der Waals surface area contributed by atoms with Crippen LogP contribution in [0.5, 0.6) is 0 Å². The summed E-state index contributed by atoms with van der Waals surface area (Å²) in [6.45, 7) is 8.98. The van der Waals surface area contributed by atoms with Crippen molar-refractivity contribution in [1.82, 2.24) is 15.6 Å². The maximum absolute atomic E-state index is 13.3. The van der Waals surface area contributed by atoms with E-state index in [1.165, 1.54) is 18.3 Å². The van der Waals surface area contributed by atoms with Crippen LogP contribution in [0.1, 0.15) is 45.7 Å². The zero-order chi connectivity index (χ0) is 26.6. The van der Waals surface area contributed by atoms with Crippen LogP contribution < -0.4 is 16.1 Å². The van der Waals surface area contributed by atoms with Crippen molar-refractivity contribution in [3.05, 3.63) is 99.3 Å². The molecule has 0 unspecified atom stereocenters. The Balaban J connectivity index is 1.60. The number of carbonyl (C=O) groups is 2. The number of rotatable bonds is 12. The first-order valence-corrected chi connectivity index (χ1v) is 12.9. The van der Waals surface area contributed by atoms with E-state index >= 15 is 0 Å². The van der Waals surface area contributed by atoms with E-state index in [9.17, 15) is 14.0 Å². The number of hydrazone groups is 1. The van der Waals surface area contributed by atoms with E-state index in [4.69, 9.17) is 0 Å². The summed E-state index contributed by atoms with van der Waals surface area (Å²) in [4.78, 5) is 28.0. The summed E-state index contributed by atoms with van der Waals surface area (Å²) in [5.41, 5.74) is 5.05. The number of nitrogens with one attached hydrogen (secondary N) is 3. The van der Waals surface area contributed by atoms with Crippen molar-refractivity contribution in [2.24, 2.45) is 5.10 Å². The van der Waals surface area contributed by atoms with Gasteiger partial charge in [-0.25, -0.2) is 9.82 Å². The van der Waals surface area contributed by atoms with Crippen molar-refractivity contribution in [3.8, 4) is 0 Å². The van der Waals surface area contributed by atoms with Crippen molar-refractivity contribution in [3.63, 3.8) is 0 Å². The first-order valence-electron chi connectivity index (χ1n) is 12.1. The summed E-state index contributed by atoms with van der Waals surface area (Å²) >= 11 is 3.36. The topological polar surface area (TPSA) is 85.8 Å². The second kappa shape index (κ2) is 14.4. The number of benzene rings is 3. The Bertz CT molecular complexity index is 1230. The van der Waals surface area contributed by atoms with Gasteiger partial charge in [0.2, 0.25) is 0 Å². The van der Waals surface area contributed by atoms with Gasteiger partial charge in [-0.05, 0) is 66.7 Å². The summed E-state index contributed by atoms with van der Waals surface area (Å²) in [6, 6.07) is 18.2. The van der Waals surface area contributed by atoms with Crippen molar-refractivity contribution < 1.29 is 14.0 Å². The third-order valence-corrected chi connectivity index (χ3v) is 6.24. The zero-order valence-electron chi connectivity index (χ0n) is 20.9. The lowest BCUT2D eigenvalue weighted by Crippen LogP contribution is -2.31. The predicted molar refractivity (Wildman–Crippen MR) is 149 cm³/mol. The van der Waals surface area contributed by atoms with Gasteiger partial charge in [0.1, 0.15) is 5.82 Å². The summed E-state index contributed by atoms with van der Waals surface area (Å²) in [7, 11) is 0. The molecule has 3 rings (SSSR count). The maximum Gasteiger partial charge on any atom is 0.273 e. The van der Waals surface area contributed by atoms with Crippen molar-refractivity contribution in [1.29, 1.82) is 0 Å².